The molecular formula is C16H19N3O4S. The minimum Gasteiger partial charge on any atom is -0.327 e. The number of hydrogen-bond acceptors (Lipinski definition) is 4. The van der Waals surface area contributed by atoms with E-state index in [0.717, 1.165) is 0 Å². The molecule has 0 radical (unpaired) electrons. The van der Waals surface area contributed by atoms with Crippen LogP contribution in [0.5, 0.6) is 0 Å². The highest BCUT2D eigenvalue weighted by Crippen LogP contribution is 2.16. The third-order valence-corrected chi connectivity index (χ3v) is 5.59. The van der Waals surface area contributed by atoms with Crippen LogP contribution in [-0.2, 0) is 10.0 Å². The van der Waals surface area contributed by atoms with Crippen LogP contribution in [0.3, 0.4) is 0 Å². The van der Waals surface area contributed by atoms with E-state index < -0.39 is 21.5 Å². The topological polar surface area (TPSA) is 99.3 Å². The molecule has 0 fully saturated rings. The Morgan fingerprint density at radius 1 is 1.12 bits per heavy atom. The van der Waals surface area contributed by atoms with Gasteiger partial charge in [-0.2, -0.15) is 4.31 Å². The van der Waals surface area contributed by atoms with Gasteiger partial charge in [0.1, 0.15) is 5.69 Å². The van der Waals surface area contributed by atoms with E-state index in [1.54, 1.807) is 19.9 Å². The molecule has 128 valence electrons. The highest BCUT2D eigenvalue weighted by atomic mass is 32.2. The number of aromatic amines is 1. The van der Waals surface area contributed by atoms with E-state index in [1.807, 2.05) is 0 Å². The van der Waals surface area contributed by atoms with Gasteiger partial charge in [0.15, 0.2) is 0 Å². The molecule has 1 heterocycles. The number of nitrogens with one attached hydrogen (secondary N) is 2. The number of rotatable bonds is 6. The molecule has 0 aliphatic rings. The summed E-state index contributed by atoms with van der Waals surface area (Å²) in [6, 6.07) is 8.69. The number of sulfonamides is 1. The largest absolute Gasteiger partial charge is 0.327 e. The van der Waals surface area contributed by atoms with Gasteiger partial charge < -0.3 is 10.3 Å². The van der Waals surface area contributed by atoms with Crippen LogP contribution >= 0.6 is 0 Å². The second kappa shape index (κ2) is 7.41. The maximum atomic E-state index is 12.4. The predicted molar refractivity (Wildman–Crippen MR) is 91.6 cm³/mol. The number of carbonyl (C=O) groups excluding carboxylic acids is 1. The van der Waals surface area contributed by atoms with Crippen LogP contribution in [0.15, 0.2) is 52.3 Å². The molecule has 2 N–H and O–H groups in total. The Hall–Kier alpha value is -2.45. The molecule has 0 unspecified atom stereocenters. The average Bonchev–Trinajstić information content (AvgIpc) is 2.58. The third-order valence-electron chi connectivity index (χ3n) is 3.53. The number of anilines is 1. The summed E-state index contributed by atoms with van der Waals surface area (Å²) in [6.07, 6.45) is 1.46. The molecule has 8 heteroatoms. The molecule has 0 aliphatic carbocycles. The van der Waals surface area contributed by atoms with Gasteiger partial charge in [0.05, 0.1) is 4.90 Å². The number of aromatic nitrogens is 1. The standard InChI is InChI=1S/C16H19N3O4S/c1-3-19(4-2)24(22,23)13-9-7-12(8-10-13)15(20)18-14-6-5-11-17-16(14)21/h5-11H,3-4H2,1-2H3,(H,17,21)(H,18,20). The molecule has 1 aromatic carbocycles. The molecule has 0 aliphatic heterocycles. The van der Waals surface area contributed by atoms with Gasteiger partial charge in [0, 0.05) is 24.8 Å². The van der Waals surface area contributed by atoms with Gasteiger partial charge in [-0.15, -0.1) is 0 Å². The van der Waals surface area contributed by atoms with Gasteiger partial charge in [-0.05, 0) is 36.4 Å². The second-order valence-corrected chi connectivity index (χ2v) is 6.92. The van der Waals surface area contributed by atoms with Crippen molar-refractivity contribution in [1.29, 1.82) is 0 Å². The van der Waals surface area contributed by atoms with Crippen molar-refractivity contribution in [2.45, 2.75) is 18.7 Å². The van der Waals surface area contributed by atoms with Crippen molar-refractivity contribution in [1.82, 2.24) is 9.29 Å². The molecule has 1 aromatic heterocycles. The lowest BCUT2D eigenvalue weighted by molar-refractivity contribution is 0.102. The Bertz CT molecular complexity index is 869. The van der Waals surface area contributed by atoms with E-state index in [-0.39, 0.29) is 16.1 Å². The summed E-state index contributed by atoms with van der Waals surface area (Å²) < 4.78 is 26.1. The molecule has 7 nitrogen and oxygen atoms in total. The maximum Gasteiger partial charge on any atom is 0.271 e. The lowest BCUT2D eigenvalue weighted by Gasteiger charge is -2.18. The van der Waals surface area contributed by atoms with Crippen molar-refractivity contribution in [3.8, 4) is 0 Å². The van der Waals surface area contributed by atoms with Gasteiger partial charge in [-0.1, -0.05) is 13.8 Å². The maximum absolute atomic E-state index is 12.4. The van der Waals surface area contributed by atoms with E-state index in [1.165, 1.54) is 40.8 Å². The number of amides is 1. The molecule has 0 spiro atoms. The van der Waals surface area contributed by atoms with Gasteiger partial charge in [-0.25, -0.2) is 8.42 Å². The third kappa shape index (κ3) is 3.72. The Morgan fingerprint density at radius 2 is 1.75 bits per heavy atom. The summed E-state index contributed by atoms with van der Waals surface area (Å²) >= 11 is 0. The summed E-state index contributed by atoms with van der Waals surface area (Å²) in [5, 5.41) is 2.49. The SMILES string of the molecule is CCN(CC)S(=O)(=O)c1ccc(C(=O)Nc2ccc[nH]c2=O)cc1. The van der Waals surface area contributed by atoms with Crippen molar-refractivity contribution in [3.05, 3.63) is 58.5 Å². The van der Waals surface area contributed by atoms with Crippen molar-refractivity contribution in [2.24, 2.45) is 0 Å². The van der Waals surface area contributed by atoms with Crippen molar-refractivity contribution in [3.63, 3.8) is 0 Å². The zero-order valence-corrected chi connectivity index (χ0v) is 14.3. The van der Waals surface area contributed by atoms with Gasteiger partial charge >= 0.3 is 0 Å². The fraction of sp³-hybridized carbons (Fsp3) is 0.250. The smallest absolute Gasteiger partial charge is 0.271 e. The zero-order chi connectivity index (χ0) is 17.7. The average molecular weight is 349 g/mol. The van der Waals surface area contributed by atoms with Crippen LogP contribution < -0.4 is 10.9 Å². The molecular weight excluding hydrogens is 330 g/mol. The molecule has 2 rings (SSSR count). The first-order valence-corrected chi connectivity index (χ1v) is 8.93. The summed E-state index contributed by atoms with van der Waals surface area (Å²) in [4.78, 5) is 26.3. The monoisotopic (exact) mass is 349 g/mol. The van der Waals surface area contributed by atoms with Crippen LogP contribution in [-0.4, -0.2) is 36.7 Å². The molecule has 1 amide bonds. The van der Waals surface area contributed by atoms with E-state index in [9.17, 15) is 18.0 Å². The number of benzene rings is 1. The predicted octanol–water partition coefficient (Wildman–Crippen LogP) is 1.66. The van der Waals surface area contributed by atoms with E-state index in [2.05, 4.69) is 10.3 Å². The number of H-pyrrole nitrogens is 1. The Morgan fingerprint density at radius 3 is 2.29 bits per heavy atom. The Balaban J connectivity index is 2.22. The summed E-state index contributed by atoms with van der Waals surface area (Å²) in [5.74, 6) is -0.488. The number of hydrogen-bond donors (Lipinski definition) is 2. The van der Waals surface area contributed by atoms with Crippen molar-refractivity contribution >= 4 is 21.6 Å². The molecule has 0 bridgehead atoms. The highest BCUT2D eigenvalue weighted by molar-refractivity contribution is 7.89. The second-order valence-electron chi connectivity index (χ2n) is 4.98. The lowest BCUT2D eigenvalue weighted by atomic mass is 10.2. The Kier molecular flexibility index (Phi) is 5.53. The molecule has 0 atom stereocenters. The van der Waals surface area contributed by atoms with Crippen molar-refractivity contribution in [2.75, 3.05) is 18.4 Å². The summed E-state index contributed by atoms with van der Waals surface area (Å²) in [6.45, 7) is 4.27. The number of carbonyl (C=O) groups is 1. The molecule has 24 heavy (non-hydrogen) atoms. The van der Waals surface area contributed by atoms with E-state index in [0.29, 0.717) is 13.1 Å². The normalized spacial score (nSPS) is 11.5. The van der Waals surface area contributed by atoms with Gasteiger partial charge in [0.2, 0.25) is 10.0 Å². The Labute approximate surface area is 140 Å². The summed E-state index contributed by atoms with van der Waals surface area (Å²) in [7, 11) is -3.56. The van der Waals surface area contributed by atoms with Crippen LogP contribution in [0.4, 0.5) is 5.69 Å². The fourth-order valence-electron chi connectivity index (χ4n) is 2.21. The van der Waals surface area contributed by atoms with Crippen LogP contribution in [0.1, 0.15) is 24.2 Å². The quantitative estimate of drug-likeness (QED) is 0.828. The first-order valence-electron chi connectivity index (χ1n) is 7.49. The highest BCUT2D eigenvalue weighted by Gasteiger charge is 2.21. The molecule has 2 aromatic rings. The molecule has 0 saturated carbocycles. The van der Waals surface area contributed by atoms with Crippen LogP contribution in [0, 0.1) is 0 Å². The van der Waals surface area contributed by atoms with Crippen LogP contribution in [0.2, 0.25) is 0 Å². The van der Waals surface area contributed by atoms with Crippen molar-refractivity contribution < 1.29 is 13.2 Å². The molecule has 0 saturated heterocycles. The minimum absolute atomic E-state index is 0.125. The number of pyridine rings is 1. The first kappa shape index (κ1) is 17.9. The zero-order valence-electron chi connectivity index (χ0n) is 13.4. The van der Waals surface area contributed by atoms with E-state index >= 15 is 0 Å². The van der Waals surface area contributed by atoms with Crippen LogP contribution in [0.25, 0.3) is 0 Å². The fourth-order valence-corrected chi connectivity index (χ4v) is 3.66. The van der Waals surface area contributed by atoms with Gasteiger partial charge in [-0.3, -0.25) is 9.59 Å². The first-order chi connectivity index (χ1) is 11.4. The number of nitrogens with zero attached hydrogens (tertiary/aromatic N) is 1. The van der Waals surface area contributed by atoms with E-state index in [4.69, 9.17) is 0 Å². The minimum atomic E-state index is -3.56. The summed E-state index contributed by atoms with van der Waals surface area (Å²) in [5.41, 5.74) is -0.0225. The lowest BCUT2D eigenvalue weighted by Crippen LogP contribution is -2.30. The van der Waals surface area contributed by atoms with Gasteiger partial charge in [0.25, 0.3) is 11.5 Å².